The third-order valence-electron chi connectivity index (χ3n) is 3.90. The Morgan fingerprint density at radius 1 is 1.24 bits per heavy atom. The minimum atomic E-state index is -0.902. The molecule has 0 radical (unpaired) electrons. The average Bonchev–Trinajstić information content (AvgIpc) is 2.62. The second-order valence-electron chi connectivity index (χ2n) is 5.71. The van der Waals surface area contributed by atoms with Crippen LogP contribution >= 0.6 is 0 Å². The van der Waals surface area contributed by atoms with Crippen molar-refractivity contribution < 1.29 is 23.9 Å². The smallest absolute Gasteiger partial charge is 0.312 e. The number of hydrogen-bond acceptors (Lipinski definition) is 5. The highest BCUT2D eigenvalue weighted by molar-refractivity contribution is 5.89. The van der Waals surface area contributed by atoms with Crippen molar-refractivity contribution >= 4 is 17.8 Å². The normalized spacial score (nSPS) is 17.8. The second-order valence-corrected chi connectivity index (χ2v) is 5.71. The van der Waals surface area contributed by atoms with Gasteiger partial charge in [-0.25, -0.2) is 4.79 Å². The summed E-state index contributed by atoms with van der Waals surface area (Å²) in [6.07, 6.45) is -0.260. The van der Waals surface area contributed by atoms with Gasteiger partial charge in [0.25, 0.3) is 11.8 Å². The minimum absolute atomic E-state index is 0.0209. The zero-order chi connectivity index (χ0) is 18.4. The number of hydrogen-bond donors (Lipinski definition) is 4. The first-order valence-corrected chi connectivity index (χ1v) is 7.96. The predicted octanol–water partition coefficient (Wildman–Crippen LogP) is 0.0568. The summed E-state index contributed by atoms with van der Waals surface area (Å²) in [4.78, 5) is 35.4. The molecule has 25 heavy (non-hydrogen) atoms. The summed E-state index contributed by atoms with van der Waals surface area (Å²) >= 11 is 0. The molecule has 3 atom stereocenters. The molecule has 9 heteroatoms. The first-order chi connectivity index (χ1) is 11.9. The summed E-state index contributed by atoms with van der Waals surface area (Å²) in [6, 6.07) is 5.31. The molecule has 9 nitrogen and oxygen atoms in total. The van der Waals surface area contributed by atoms with Gasteiger partial charge < -0.3 is 20.5 Å². The van der Waals surface area contributed by atoms with Gasteiger partial charge in [-0.15, -0.1) is 0 Å². The number of ether oxygens (including phenoxy) is 2. The van der Waals surface area contributed by atoms with Gasteiger partial charge in [0.1, 0.15) is 12.6 Å². The Hall–Kier alpha value is -2.97. The quantitative estimate of drug-likeness (QED) is 0.558. The SMILES string of the molecule is CC[C@H](C)[C@H](NC(N)=O)C(=O)NNC(=O)[C@@H]1COc2ccccc2O1. The number of nitrogens with two attached hydrogens (primary N) is 1. The molecule has 0 aliphatic carbocycles. The molecule has 5 N–H and O–H groups in total. The first kappa shape index (κ1) is 18.4. The molecule has 0 fully saturated rings. The zero-order valence-corrected chi connectivity index (χ0v) is 14.1. The number of carbonyl (C=O) groups excluding carboxylic acids is 3. The third kappa shape index (κ3) is 4.75. The first-order valence-electron chi connectivity index (χ1n) is 7.96. The Kier molecular flexibility index (Phi) is 6.04. The van der Waals surface area contributed by atoms with Gasteiger partial charge in [-0.05, 0) is 18.1 Å². The average molecular weight is 350 g/mol. The Labute approximate surface area is 145 Å². The van der Waals surface area contributed by atoms with Gasteiger partial charge in [-0.3, -0.25) is 20.4 Å². The molecular formula is C16H22N4O5. The van der Waals surface area contributed by atoms with Gasteiger partial charge in [0.05, 0.1) is 0 Å². The third-order valence-corrected chi connectivity index (χ3v) is 3.90. The van der Waals surface area contributed by atoms with Crippen LogP contribution in [0.15, 0.2) is 24.3 Å². The maximum Gasteiger partial charge on any atom is 0.312 e. The number of amides is 4. The Morgan fingerprint density at radius 2 is 1.92 bits per heavy atom. The second kappa shape index (κ2) is 8.22. The number of para-hydroxylation sites is 2. The van der Waals surface area contributed by atoms with E-state index in [0.29, 0.717) is 17.9 Å². The number of fused-ring (bicyclic) bond motifs is 1. The van der Waals surface area contributed by atoms with Crippen LogP contribution < -0.4 is 31.4 Å². The van der Waals surface area contributed by atoms with Crippen LogP contribution in [0.3, 0.4) is 0 Å². The molecule has 1 heterocycles. The number of urea groups is 1. The molecule has 0 saturated heterocycles. The van der Waals surface area contributed by atoms with E-state index in [4.69, 9.17) is 15.2 Å². The van der Waals surface area contributed by atoms with E-state index in [-0.39, 0.29) is 12.5 Å². The van der Waals surface area contributed by atoms with E-state index in [2.05, 4.69) is 16.2 Å². The highest BCUT2D eigenvalue weighted by Crippen LogP contribution is 2.30. The van der Waals surface area contributed by atoms with Crippen molar-refractivity contribution in [1.82, 2.24) is 16.2 Å². The Morgan fingerprint density at radius 3 is 2.56 bits per heavy atom. The zero-order valence-electron chi connectivity index (χ0n) is 14.1. The van der Waals surface area contributed by atoms with Crippen LogP contribution in [-0.4, -0.2) is 36.6 Å². The van der Waals surface area contributed by atoms with E-state index in [1.165, 1.54) is 0 Å². The number of carbonyl (C=O) groups is 3. The summed E-state index contributed by atoms with van der Waals surface area (Å²) in [5.41, 5.74) is 9.65. The lowest BCUT2D eigenvalue weighted by atomic mass is 9.99. The van der Waals surface area contributed by atoms with Crippen molar-refractivity contribution in [3.8, 4) is 11.5 Å². The number of hydrazine groups is 1. The molecule has 0 aromatic heterocycles. The van der Waals surface area contributed by atoms with Crippen LogP contribution in [0.1, 0.15) is 20.3 Å². The summed E-state index contributed by atoms with van der Waals surface area (Å²) in [6.45, 7) is 3.68. The van der Waals surface area contributed by atoms with Crippen molar-refractivity contribution in [2.75, 3.05) is 6.61 Å². The molecular weight excluding hydrogens is 328 g/mol. The molecule has 4 amide bonds. The monoisotopic (exact) mass is 350 g/mol. The highest BCUT2D eigenvalue weighted by Gasteiger charge is 2.29. The van der Waals surface area contributed by atoms with E-state index in [0.717, 1.165) is 0 Å². The van der Waals surface area contributed by atoms with Gasteiger partial charge in [0.2, 0.25) is 6.10 Å². The van der Waals surface area contributed by atoms with E-state index in [1.807, 2.05) is 6.92 Å². The van der Waals surface area contributed by atoms with Gasteiger partial charge in [0.15, 0.2) is 11.5 Å². The molecule has 0 spiro atoms. The standard InChI is InChI=1S/C16H22N4O5/c1-3-9(2)13(18-16(17)23)15(22)20-19-14(21)12-8-24-10-6-4-5-7-11(10)25-12/h4-7,9,12-13H,3,8H2,1-2H3,(H,19,21)(H,20,22)(H3,17,18,23)/t9-,12-,13-/m0/s1. The molecule has 0 saturated carbocycles. The number of benzene rings is 1. The lowest BCUT2D eigenvalue weighted by Gasteiger charge is -2.26. The lowest BCUT2D eigenvalue weighted by molar-refractivity contribution is -0.136. The molecule has 2 rings (SSSR count). The topological polar surface area (TPSA) is 132 Å². The van der Waals surface area contributed by atoms with Gasteiger partial charge in [-0.1, -0.05) is 32.4 Å². The molecule has 1 aromatic carbocycles. The summed E-state index contributed by atoms with van der Waals surface area (Å²) in [5.74, 6) is -0.291. The molecule has 136 valence electrons. The van der Waals surface area contributed by atoms with Gasteiger partial charge >= 0.3 is 6.03 Å². The van der Waals surface area contributed by atoms with Crippen molar-refractivity contribution in [2.45, 2.75) is 32.4 Å². The van der Waals surface area contributed by atoms with Crippen molar-refractivity contribution in [2.24, 2.45) is 11.7 Å². The van der Waals surface area contributed by atoms with E-state index >= 15 is 0 Å². The number of primary amides is 1. The van der Waals surface area contributed by atoms with Gasteiger partial charge in [0, 0.05) is 0 Å². The lowest BCUT2D eigenvalue weighted by Crippen LogP contribution is -2.58. The molecule has 0 unspecified atom stereocenters. The van der Waals surface area contributed by atoms with E-state index in [9.17, 15) is 14.4 Å². The van der Waals surface area contributed by atoms with Crippen LogP contribution in [0.4, 0.5) is 4.79 Å². The fraction of sp³-hybridized carbons (Fsp3) is 0.438. The molecule has 1 aliphatic heterocycles. The largest absolute Gasteiger partial charge is 0.485 e. The maximum atomic E-state index is 12.2. The van der Waals surface area contributed by atoms with E-state index in [1.54, 1.807) is 31.2 Å². The van der Waals surface area contributed by atoms with Crippen LogP contribution in [0.2, 0.25) is 0 Å². The number of rotatable bonds is 5. The van der Waals surface area contributed by atoms with Crippen LogP contribution in [0, 0.1) is 5.92 Å². The molecule has 1 aliphatic rings. The fourth-order valence-electron chi connectivity index (χ4n) is 2.29. The number of nitrogens with one attached hydrogen (secondary N) is 3. The van der Waals surface area contributed by atoms with E-state index < -0.39 is 30.0 Å². The van der Waals surface area contributed by atoms with Crippen molar-refractivity contribution in [3.05, 3.63) is 24.3 Å². The predicted molar refractivity (Wildman–Crippen MR) is 88.6 cm³/mol. The van der Waals surface area contributed by atoms with Crippen LogP contribution in [-0.2, 0) is 9.59 Å². The Bertz CT molecular complexity index is 651. The molecule has 1 aromatic rings. The summed E-state index contributed by atoms with van der Waals surface area (Å²) in [5, 5.41) is 2.37. The van der Waals surface area contributed by atoms with Crippen molar-refractivity contribution in [1.29, 1.82) is 0 Å². The Balaban J connectivity index is 1.90. The van der Waals surface area contributed by atoms with Crippen LogP contribution in [0.5, 0.6) is 11.5 Å². The fourth-order valence-corrected chi connectivity index (χ4v) is 2.29. The highest BCUT2D eigenvalue weighted by atomic mass is 16.6. The maximum absolute atomic E-state index is 12.2. The minimum Gasteiger partial charge on any atom is -0.485 e. The van der Waals surface area contributed by atoms with Crippen molar-refractivity contribution in [3.63, 3.8) is 0 Å². The summed E-state index contributed by atoms with van der Waals surface area (Å²) < 4.78 is 11.0. The summed E-state index contributed by atoms with van der Waals surface area (Å²) in [7, 11) is 0. The van der Waals surface area contributed by atoms with Crippen LogP contribution in [0.25, 0.3) is 0 Å². The molecule has 0 bridgehead atoms. The van der Waals surface area contributed by atoms with Gasteiger partial charge in [-0.2, -0.15) is 0 Å².